The summed E-state index contributed by atoms with van der Waals surface area (Å²) in [6.45, 7) is 12.6. The smallest absolute Gasteiger partial charge is 0.128 e. The maximum absolute atomic E-state index is 11.0. The molecule has 0 unspecified atom stereocenters. The van der Waals surface area contributed by atoms with Crippen molar-refractivity contribution in [1.29, 1.82) is 0 Å². The number of nitrogens with zero attached hydrogens (tertiary/aromatic N) is 1. The lowest BCUT2D eigenvalue weighted by Gasteiger charge is -2.31. The fourth-order valence-electron chi connectivity index (χ4n) is 3.18. The molecule has 0 aromatic heterocycles. The lowest BCUT2D eigenvalue weighted by atomic mass is 9.86. The van der Waals surface area contributed by atoms with Gasteiger partial charge in [-0.15, -0.1) is 0 Å². The Hall–Kier alpha value is -1.57. The van der Waals surface area contributed by atoms with E-state index in [0.29, 0.717) is 11.5 Å². The third-order valence-corrected chi connectivity index (χ3v) is 6.94. The van der Waals surface area contributed by atoms with E-state index < -0.39 is 8.07 Å². The van der Waals surface area contributed by atoms with Crippen LogP contribution < -0.4 is 10.6 Å². The number of benzene rings is 2. The summed E-state index contributed by atoms with van der Waals surface area (Å²) in [7, 11) is 2.95. The summed E-state index contributed by atoms with van der Waals surface area (Å²) in [4.78, 5) is 0. The summed E-state index contributed by atoms with van der Waals surface area (Å²) in [5.74, 6) is 0.667. The average molecular weight is 373 g/mol. The van der Waals surface area contributed by atoms with E-state index in [0.717, 1.165) is 21.7 Å². The maximum atomic E-state index is 11.0. The zero-order valence-electron chi connectivity index (χ0n) is 17.3. The quantitative estimate of drug-likeness (QED) is 0.773. The molecule has 0 heterocycles. The molecule has 2 N–H and O–H groups in total. The van der Waals surface area contributed by atoms with Gasteiger partial charge in [-0.3, -0.25) is 4.67 Å². The van der Waals surface area contributed by atoms with Gasteiger partial charge in [0.25, 0.3) is 0 Å². The highest BCUT2D eigenvalue weighted by Crippen LogP contribution is 2.45. The normalized spacial score (nSPS) is 12.8. The van der Waals surface area contributed by atoms with E-state index in [1.54, 1.807) is 0 Å². The summed E-state index contributed by atoms with van der Waals surface area (Å²) in [5, 5.41) is 23.8. The van der Waals surface area contributed by atoms with E-state index in [2.05, 4.69) is 46.2 Å². The fraction of sp³-hybridized carbons (Fsp3) is 0.455. The van der Waals surface area contributed by atoms with Crippen LogP contribution >= 0.6 is 8.07 Å². The van der Waals surface area contributed by atoms with Crippen molar-refractivity contribution in [2.24, 2.45) is 0 Å². The van der Waals surface area contributed by atoms with Crippen molar-refractivity contribution in [3.8, 4) is 11.5 Å². The first-order valence-corrected chi connectivity index (χ1v) is 10.3. The SMILES string of the molecule is CN(C)P(c1cccc(C(C)(C)C)c1O)c1cccc(C(C)(C)C)c1O. The number of hydrogen-bond donors (Lipinski definition) is 2. The third kappa shape index (κ3) is 4.05. The van der Waals surface area contributed by atoms with Crippen molar-refractivity contribution in [2.45, 2.75) is 52.4 Å². The summed E-state index contributed by atoms with van der Waals surface area (Å²) in [6.07, 6.45) is 0. The summed E-state index contributed by atoms with van der Waals surface area (Å²) < 4.78 is 2.10. The standard InChI is InChI=1S/C22H32NO2P/c1-21(2,3)15-11-9-13-17(19(15)24)26(23(7)8)18-14-10-12-16(20(18)25)22(4,5)6/h9-14,24-25H,1-8H3. The third-order valence-electron chi connectivity index (χ3n) is 4.50. The Morgan fingerprint density at radius 1 is 0.692 bits per heavy atom. The Kier molecular flexibility index (Phi) is 5.75. The topological polar surface area (TPSA) is 43.7 Å². The van der Waals surface area contributed by atoms with E-state index in [1.807, 2.05) is 50.5 Å². The van der Waals surface area contributed by atoms with Crippen LogP contribution in [0.5, 0.6) is 11.5 Å². The molecule has 0 amide bonds. The van der Waals surface area contributed by atoms with Crippen molar-refractivity contribution in [2.75, 3.05) is 14.1 Å². The molecule has 0 aliphatic rings. The van der Waals surface area contributed by atoms with Crippen molar-refractivity contribution >= 4 is 18.7 Å². The van der Waals surface area contributed by atoms with Gasteiger partial charge < -0.3 is 10.2 Å². The van der Waals surface area contributed by atoms with Gasteiger partial charge in [-0.1, -0.05) is 65.8 Å². The Balaban J connectivity index is 2.71. The first kappa shape index (κ1) is 20.7. The van der Waals surface area contributed by atoms with Crippen LogP contribution in [0.25, 0.3) is 0 Å². The summed E-state index contributed by atoms with van der Waals surface area (Å²) in [5.41, 5.74) is 1.55. The van der Waals surface area contributed by atoms with Gasteiger partial charge in [-0.05, 0) is 48.2 Å². The molecular weight excluding hydrogens is 341 g/mol. The lowest BCUT2D eigenvalue weighted by Crippen LogP contribution is -2.26. The molecule has 2 aromatic rings. The summed E-state index contributed by atoms with van der Waals surface area (Å²) in [6, 6.07) is 11.9. The highest BCUT2D eigenvalue weighted by Gasteiger charge is 2.29. The van der Waals surface area contributed by atoms with E-state index in [4.69, 9.17) is 0 Å². The highest BCUT2D eigenvalue weighted by molar-refractivity contribution is 7.71. The van der Waals surface area contributed by atoms with Crippen LogP contribution in [0.2, 0.25) is 0 Å². The molecule has 142 valence electrons. The molecule has 0 atom stereocenters. The number of aromatic hydroxyl groups is 2. The number of para-hydroxylation sites is 2. The molecule has 0 aliphatic carbocycles. The molecule has 0 spiro atoms. The van der Waals surface area contributed by atoms with E-state index in [9.17, 15) is 10.2 Å². The van der Waals surface area contributed by atoms with Gasteiger partial charge in [0, 0.05) is 18.7 Å². The van der Waals surface area contributed by atoms with E-state index in [-0.39, 0.29) is 10.8 Å². The minimum absolute atomic E-state index is 0.150. The van der Waals surface area contributed by atoms with Gasteiger partial charge in [0.15, 0.2) is 0 Å². The average Bonchev–Trinajstić information content (AvgIpc) is 2.48. The number of hydrogen-bond acceptors (Lipinski definition) is 3. The minimum atomic E-state index is -1.04. The molecule has 0 saturated heterocycles. The Labute approximate surface area is 159 Å². The Morgan fingerprint density at radius 2 is 1.04 bits per heavy atom. The molecule has 2 aromatic carbocycles. The Bertz CT molecular complexity index is 722. The number of rotatable bonds is 3. The molecular formula is C22H32NO2P. The van der Waals surface area contributed by atoms with Gasteiger partial charge in [-0.2, -0.15) is 0 Å². The lowest BCUT2D eigenvalue weighted by molar-refractivity contribution is 0.449. The monoisotopic (exact) mass is 373 g/mol. The van der Waals surface area contributed by atoms with Gasteiger partial charge in [0.05, 0.1) is 0 Å². The molecule has 0 fully saturated rings. The molecule has 2 rings (SSSR count). The van der Waals surface area contributed by atoms with Crippen LogP contribution in [0.1, 0.15) is 52.7 Å². The van der Waals surface area contributed by atoms with Crippen LogP contribution in [0.4, 0.5) is 0 Å². The second kappa shape index (κ2) is 7.21. The van der Waals surface area contributed by atoms with E-state index in [1.165, 1.54) is 0 Å². The molecule has 0 aliphatic heterocycles. The first-order valence-electron chi connectivity index (χ1n) is 8.98. The van der Waals surface area contributed by atoms with Crippen molar-refractivity contribution in [3.63, 3.8) is 0 Å². The molecule has 26 heavy (non-hydrogen) atoms. The first-order chi connectivity index (χ1) is 11.9. The predicted molar refractivity (Wildman–Crippen MR) is 113 cm³/mol. The predicted octanol–water partition coefficient (Wildman–Crippen LogP) is 4.60. The molecule has 0 radical (unpaired) electrons. The summed E-state index contributed by atoms with van der Waals surface area (Å²) >= 11 is 0. The van der Waals surface area contributed by atoms with Crippen LogP contribution in [0.15, 0.2) is 36.4 Å². The van der Waals surface area contributed by atoms with Crippen molar-refractivity contribution < 1.29 is 10.2 Å². The second-order valence-electron chi connectivity index (χ2n) is 9.01. The van der Waals surface area contributed by atoms with Gasteiger partial charge in [0.1, 0.15) is 11.5 Å². The van der Waals surface area contributed by atoms with Gasteiger partial charge >= 0.3 is 0 Å². The second-order valence-corrected chi connectivity index (χ2v) is 11.4. The Morgan fingerprint density at radius 3 is 1.31 bits per heavy atom. The van der Waals surface area contributed by atoms with Crippen LogP contribution in [-0.4, -0.2) is 29.0 Å². The van der Waals surface area contributed by atoms with Crippen molar-refractivity contribution in [1.82, 2.24) is 4.67 Å². The number of phenolic OH excluding ortho intramolecular Hbond substituents is 2. The van der Waals surface area contributed by atoms with E-state index >= 15 is 0 Å². The van der Waals surface area contributed by atoms with Crippen LogP contribution in [0, 0.1) is 0 Å². The molecule has 0 saturated carbocycles. The van der Waals surface area contributed by atoms with Crippen LogP contribution in [-0.2, 0) is 10.8 Å². The number of phenols is 2. The van der Waals surface area contributed by atoms with Crippen molar-refractivity contribution in [3.05, 3.63) is 47.5 Å². The molecule has 4 heteroatoms. The largest absolute Gasteiger partial charge is 0.507 e. The van der Waals surface area contributed by atoms with Gasteiger partial charge in [-0.25, -0.2) is 0 Å². The fourth-order valence-corrected chi connectivity index (χ4v) is 5.39. The maximum Gasteiger partial charge on any atom is 0.128 e. The zero-order chi connectivity index (χ0) is 19.9. The molecule has 3 nitrogen and oxygen atoms in total. The minimum Gasteiger partial charge on any atom is -0.507 e. The molecule has 0 bridgehead atoms. The van der Waals surface area contributed by atoms with Crippen LogP contribution in [0.3, 0.4) is 0 Å². The van der Waals surface area contributed by atoms with Gasteiger partial charge in [0.2, 0.25) is 0 Å². The zero-order valence-corrected chi connectivity index (χ0v) is 18.1. The highest BCUT2D eigenvalue weighted by atomic mass is 31.1.